The van der Waals surface area contributed by atoms with E-state index < -0.39 is 0 Å². The van der Waals surface area contributed by atoms with Gasteiger partial charge >= 0.3 is 0 Å². The van der Waals surface area contributed by atoms with Crippen LogP contribution in [0, 0.1) is 11.3 Å². The van der Waals surface area contributed by atoms with Crippen LogP contribution in [-0.4, -0.2) is 41.5 Å². The Balaban J connectivity index is 1.59. The van der Waals surface area contributed by atoms with Crippen molar-refractivity contribution in [3.05, 3.63) is 70.0 Å². The smallest absolute Gasteiger partial charge is 0.228 e. The summed E-state index contributed by atoms with van der Waals surface area (Å²) in [6, 6.07) is 18.5. The SMILES string of the molecule is CC(C)c1nc(N2CCN(C(=O)Cc3cccs3)[C@H](C)C2)c(C#N)cc1-c1ccccc1. The van der Waals surface area contributed by atoms with Crippen LogP contribution in [-0.2, 0) is 11.2 Å². The molecule has 1 amide bonds. The molecule has 0 spiro atoms. The Labute approximate surface area is 193 Å². The van der Waals surface area contributed by atoms with Gasteiger partial charge in [0.2, 0.25) is 5.91 Å². The molecule has 1 aromatic carbocycles. The Morgan fingerprint density at radius 1 is 1.22 bits per heavy atom. The van der Waals surface area contributed by atoms with Crippen molar-refractivity contribution in [2.75, 3.05) is 24.5 Å². The van der Waals surface area contributed by atoms with Crippen LogP contribution in [0.3, 0.4) is 0 Å². The van der Waals surface area contributed by atoms with E-state index in [-0.39, 0.29) is 17.9 Å². The van der Waals surface area contributed by atoms with Gasteiger partial charge in [-0.3, -0.25) is 4.79 Å². The molecule has 0 saturated carbocycles. The van der Waals surface area contributed by atoms with Crippen LogP contribution < -0.4 is 4.90 Å². The number of amides is 1. The molecule has 5 nitrogen and oxygen atoms in total. The number of piperazine rings is 1. The van der Waals surface area contributed by atoms with E-state index in [1.807, 2.05) is 46.7 Å². The molecule has 3 aromatic rings. The summed E-state index contributed by atoms with van der Waals surface area (Å²) in [7, 11) is 0. The second kappa shape index (κ2) is 9.54. The maximum absolute atomic E-state index is 12.8. The number of benzene rings is 1. The van der Waals surface area contributed by atoms with Gasteiger partial charge in [-0.05, 0) is 35.9 Å². The highest BCUT2D eigenvalue weighted by Crippen LogP contribution is 2.33. The van der Waals surface area contributed by atoms with Crippen LogP contribution in [0.1, 0.15) is 42.8 Å². The van der Waals surface area contributed by atoms with Crippen LogP contribution in [0.2, 0.25) is 0 Å². The lowest BCUT2D eigenvalue weighted by Crippen LogP contribution is -2.54. The lowest BCUT2D eigenvalue weighted by atomic mass is 9.96. The van der Waals surface area contributed by atoms with Crippen molar-refractivity contribution in [3.8, 4) is 17.2 Å². The van der Waals surface area contributed by atoms with E-state index in [0.29, 0.717) is 31.6 Å². The summed E-state index contributed by atoms with van der Waals surface area (Å²) in [6.45, 7) is 8.31. The first-order valence-electron chi connectivity index (χ1n) is 11.0. The number of carbonyl (C=O) groups is 1. The number of hydrogen-bond donors (Lipinski definition) is 0. The standard InChI is InChI=1S/C26H28N4OS/c1-18(2)25-23(20-8-5-4-6-9-20)14-21(16-27)26(28-25)29-11-12-30(19(3)17-29)24(31)15-22-10-7-13-32-22/h4-10,13-14,18-19H,11-12,15,17H2,1-3H3/t19-/m1/s1. The minimum absolute atomic E-state index is 0.0563. The minimum atomic E-state index is 0.0563. The van der Waals surface area contributed by atoms with Gasteiger partial charge in [-0.25, -0.2) is 4.98 Å². The molecule has 0 unspecified atom stereocenters. The largest absolute Gasteiger partial charge is 0.352 e. The first-order valence-corrected chi connectivity index (χ1v) is 11.9. The number of thiophene rings is 1. The Morgan fingerprint density at radius 3 is 2.62 bits per heavy atom. The van der Waals surface area contributed by atoms with Crippen LogP contribution in [0.25, 0.3) is 11.1 Å². The highest BCUT2D eigenvalue weighted by Gasteiger charge is 2.30. The van der Waals surface area contributed by atoms with Crippen LogP contribution in [0.15, 0.2) is 53.9 Å². The molecule has 3 heterocycles. The van der Waals surface area contributed by atoms with E-state index in [1.54, 1.807) is 11.3 Å². The third kappa shape index (κ3) is 4.53. The lowest BCUT2D eigenvalue weighted by Gasteiger charge is -2.41. The first kappa shape index (κ1) is 22.0. The van der Waals surface area contributed by atoms with Crippen molar-refractivity contribution in [3.63, 3.8) is 0 Å². The van der Waals surface area contributed by atoms with Gasteiger partial charge in [0.05, 0.1) is 17.7 Å². The molecule has 32 heavy (non-hydrogen) atoms. The van der Waals surface area contributed by atoms with Crippen LogP contribution >= 0.6 is 11.3 Å². The van der Waals surface area contributed by atoms with Crippen molar-refractivity contribution in [2.24, 2.45) is 0 Å². The van der Waals surface area contributed by atoms with E-state index in [4.69, 9.17) is 4.98 Å². The average molecular weight is 445 g/mol. The monoisotopic (exact) mass is 444 g/mol. The van der Waals surface area contributed by atoms with Gasteiger partial charge in [-0.2, -0.15) is 5.26 Å². The summed E-state index contributed by atoms with van der Waals surface area (Å²) < 4.78 is 0. The van der Waals surface area contributed by atoms with Crippen molar-refractivity contribution < 1.29 is 4.79 Å². The number of aromatic nitrogens is 1. The Kier molecular flexibility index (Phi) is 6.57. The number of anilines is 1. The van der Waals surface area contributed by atoms with Gasteiger partial charge in [-0.15, -0.1) is 11.3 Å². The van der Waals surface area contributed by atoms with Crippen molar-refractivity contribution in [1.82, 2.24) is 9.88 Å². The molecule has 1 aliphatic rings. The number of nitrogens with zero attached hydrogens (tertiary/aromatic N) is 4. The number of pyridine rings is 1. The van der Waals surface area contributed by atoms with Crippen LogP contribution in [0.5, 0.6) is 0 Å². The van der Waals surface area contributed by atoms with E-state index in [0.717, 1.165) is 27.5 Å². The second-order valence-electron chi connectivity index (χ2n) is 8.56. The van der Waals surface area contributed by atoms with Gasteiger partial charge < -0.3 is 9.80 Å². The zero-order chi connectivity index (χ0) is 22.7. The Bertz CT molecular complexity index is 1120. The highest BCUT2D eigenvalue weighted by molar-refractivity contribution is 7.10. The zero-order valence-corrected chi connectivity index (χ0v) is 19.6. The van der Waals surface area contributed by atoms with E-state index in [9.17, 15) is 10.1 Å². The minimum Gasteiger partial charge on any atom is -0.352 e. The molecule has 1 aliphatic heterocycles. The van der Waals surface area contributed by atoms with Crippen LogP contribution in [0.4, 0.5) is 5.82 Å². The Morgan fingerprint density at radius 2 is 2.00 bits per heavy atom. The predicted molar refractivity (Wildman–Crippen MR) is 130 cm³/mol. The highest BCUT2D eigenvalue weighted by atomic mass is 32.1. The quantitative estimate of drug-likeness (QED) is 0.550. The molecular formula is C26H28N4OS. The number of nitriles is 1. The molecule has 4 rings (SSSR count). The molecule has 2 aromatic heterocycles. The van der Waals surface area contributed by atoms with Crippen molar-refractivity contribution >= 4 is 23.1 Å². The Hall–Kier alpha value is -3.17. The maximum Gasteiger partial charge on any atom is 0.228 e. The van der Waals surface area contributed by atoms with Gasteiger partial charge in [0.1, 0.15) is 11.9 Å². The molecule has 6 heteroatoms. The molecule has 164 valence electrons. The fourth-order valence-electron chi connectivity index (χ4n) is 4.31. The summed E-state index contributed by atoms with van der Waals surface area (Å²) in [6.07, 6.45) is 0.451. The first-order chi connectivity index (χ1) is 15.5. The molecular weight excluding hydrogens is 416 g/mol. The number of rotatable bonds is 5. The molecule has 1 atom stereocenters. The predicted octanol–water partition coefficient (Wildman–Crippen LogP) is 5.08. The molecule has 0 N–H and O–H groups in total. The summed E-state index contributed by atoms with van der Waals surface area (Å²) in [5, 5.41) is 11.9. The van der Waals surface area contributed by atoms with Gasteiger partial charge in [0.15, 0.2) is 0 Å². The van der Waals surface area contributed by atoms with E-state index in [1.165, 1.54) is 0 Å². The number of hydrogen-bond acceptors (Lipinski definition) is 5. The van der Waals surface area contributed by atoms with Crippen molar-refractivity contribution in [1.29, 1.82) is 5.26 Å². The summed E-state index contributed by atoms with van der Waals surface area (Å²) >= 11 is 1.62. The van der Waals surface area contributed by atoms with Crippen molar-refractivity contribution in [2.45, 2.75) is 39.2 Å². The lowest BCUT2D eigenvalue weighted by molar-refractivity contribution is -0.132. The molecule has 0 radical (unpaired) electrons. The molecule has 0 bridgehead atoms. The molecule has 1 saturated heterocycles. The van der Waals surface area contributed by atoms with E-state index in [2.05, 4.69) is 43.9 Å². The third-order valence-corrected chi connectivity index (χ3v) is 6.81. The molecule has 0 aliphatic carbocycles. The number of carbonyl (C=O) groups excluding carboxylic acids is 1. The zero-order valence-electron chi connectivity index (χ0n) is 18.8. The summed E-state index contributed by atoms with van der Waals surface area (Å²) in [5.41, 5.74) is 3.66. The second-order valence-corrected chi connectivity index (χ2v) is 9.60. The summed E-state index contributed by atoms with van der Waals surface area (Å²) in [5.74, 6) is 1.12. The maximum atomic E-state index is 12.8. The van der Waals surface area contributed by atoms with Gasteiger partial charge in [0.25, 0.3) is 0 Å². The van der Waals surface area contributed by atoms with Gasteiger partial charge in [-0.1, -0.05) is 50.2 Å². The fourth-order valence-corrected chi connectivity index (χ4v) is 5.01. The topological polar surface area (TPSA) is 60.2 Å². The summed E-state index contributed by atoms with van der Waals surface area (Å²) in [4.78, 5) is 23.1. The normalized spacial score (nSPS) is 16.3. The van der Waals surface area contributed by atoms with E-state index >= 15 is 0 Å². The average Bonchev–Trinajstić information content (AvgIpc) is 3.31. The third-order valence-electron chi connectivity index (χ3n) is 5.94. The fraction of sp³-hybridized carbons (Fsp3) is 0.346. The molecule has 1 fully saturated rings. The van der Waals surface area contributed by atoms with Gasteiger partial charge in [0, 0.05) is 36.1 Å².